The van der Waals surface area contributed by atoms with Crippen LogP contribution in [0.4, 0.5) is 0 Å². The van der Waals surface area contributed by atoms with Crippen LogP contribution < -0.4 is 0 Å². The third-order valence-corrected chi connectivity index (χ3v) is 7.74. The fraction of sp³-hybridized carbons (Fsp3) is 0.0882. The maximum absolute atomic E-state index is 5.38. The average Bonchev–Trinajstić information content (AvgIpc) is 3.20. The number of hydrogen-bond donors (Lipinski definition) is 0. The molecular weight excluding hydrogens is 682 g/mol. The van der Waals surface area contributed by atoms with Gasteiger partial charge in [0.25, 0.3) is 0 Å². The Morgan fingerprint density at radius 1 is 0.658 bits per heavy atom. The SMILES string of the molecule is CC1(C)c2c[c-]c(-c3ccccn3)cc2-c2ccccc21.[Pt].[S-]/C(=C(\[S-])c1ccccc1)c1ccccc1. The molecule has 0 N–H and O–H groups in total. The van der Waals surface area contributed by atoms with Crippen molar-refractivity contribution in [3.05, 3.63) is 150 Å². The summed E-state index contributed by atoms with van der Waals surface area (Å²) in [6.07, 6.45) is 1.83. The van der Waals surface area contributed by atoms with Gasteiger partial charge in [-0.05, 0) is 39.4 Å². The average molecular weight is 708 g/mol. The first-order valence-corrected chi connectivity index (χ1v) is 13.0. The van der Waals surface area contributed by atoms with Gasteiger partial charge < -0.3 is 30.2 Å². The molecule has 38 heavy (non-hydrogen) atoms. The van der Waals surface area contributed by atoms with Crippen molar-refractivity contribution in [3.8, 4) is 22.4 Å². The molecule has 6 rings (SSSR count). The van der Waals surface area contributed by atoms with Crippen LogP contribution in [-0.4, -0.2) is 4.98 Å². The fourth-order valence-corrected chi connectivity index (χ4v) is 5.26. The maximum atomic E-state index is 5.38. The van der Waals surface area contributed by atoms with E-state index in [2.05, 4.69) is 61.3 Å². The molecule has 0 saturated carbocycles. The summed E-state index contributed by atoms with van der Waals surface area (Å²) >= 11 is 10.8. The molecular formula is C34H26NPtS2-3. The smallest absolute Gasteiger partial charge is 0.0160 e. The van der Waals surface area contributed by atoms with Crippen molar-refractivity contribution in [3.63, 3.8) is 0 Å². The van der Waals surface area contributed by atoms with E-state index in [1.165, 1.54) is 22.3 Å². The molecule has 0 atom stereocenters. The molecule has 0 bridgehead atoms. The second-order valence-corrected chi connectivity index (χ2v) is 10.3. The molecule has 0 unspecified atom stereocenters. The van der Waals surface area contributed by atoms with Crippen LogP contribution >= 0.6 is 0 Å². The minimum Gasteiger partial charge on any atom is -0.781 e. The summed E-state index contributed by atoms with van der Waals surface area (Å²) in [6.45, 7) is 4.57. The van der Waals surface area contributed by atoms with Gasteiger partial charge in [-0.2, -0.15) is 9.81 Å². The van der Waals surface area contributed by atoms with Gasteiger partial charge in [0.05, 0.1) is 0 Å². The Labute approximate surface area is 251 Å². The van der Waals surface area contributed by atoms with Crippen LogP contribution in [0.3, 0.4) is 0 Å². The van der Waals surface area contributed by atoms with E-state index in [0.717, 1.165) is 32.2 Å². The zero-order valence-electron chi connectivity index (χ0n) is 21.1. The van der Waals surface area contributed by atoms with Gasteiger partial charge in [-0.1, -0.05) is 116 Å². The third kappa shape index (κ3) is 5.66. The number of fused-ring (bicyclic) bond motifs is 3. The number of hydrogen-bond acceptors (Lipinski definition) is 3. The van der Waals surface area contributed by atoms with E-state index in [0.29, 0.717) is 0 Å². The molecule has 1 aliphatic carbocycles. The van der Waals surface area contributed by atoms with Crippen molar-refractivity contribution >= 4 is 35.1 Å². The van der Waals surface area contributed by atoms with E-state index in [4.69, 9.17) is 25.3 Å². The first kappa shape index (κ1) is 27.9. The molecule has 1 aromatic heterocycles. The molecule has 0 amide bonds. The van der Waals surface area contributed by atoms with Crippen molar-refractivity contribution in [2.45, 2.75) is 19.3 Å². The first-order chi connectivity index (χ1) is 18.0. The Kier molecular flexibility index (Phi) is 8.94. The van der Waals surface area contributed by atoms with E-state index in [1.807, 2.05) is 85.1 Å². The Balaban J connectivity index is 0.000000179. The molecule has 0 saturated heterocycles. The van der Waals surface area contributed by atoms with Gasteiger partial charge >= 0.3 is 0 Å². The monoisotopic (exact) mass is 707 g/mol. The number of rotatable bonds is 3. The molecule has 4 aromatic carbocycles. The predicted molar refractivity (Wildman–Crippen MR) is 161 cm³/mol. The van der Waals surface area contributed by atoms with Crippen LogP contribution in [0.5, 0.6) is 0 Å². The van der Waals surface area contributed by atoms with Crippen LogP contribution in [0.25, 0.3) is 32.2 Å². The summed E-state index contributed by atoms with van der Waals surface area (Å²) in [6, 6.07) is 42.2. The van der Waals surface area contributed by atoms with Gasteiger partial charge in [0, 0.05) is 27.3 Å². The van der Waals surface area contributed by atoms with Gasteiger partial charge in [-0.25, -0.2) is 0 Å². The van der Waals surface area contributed by atoms with Crippen LogP contribution in [0.1, 0.15) is 36.1 Å². The quantitative estimate of drug-likeness (QED) is 0.106. The largest absolute Gasteiger partial charge is 0.781 e. The van der Waals surface area contributed by atoms with Crippen molar-refractivity contribution in [1.29, 1.82) is 0 Å². The molecule has 4 heteroatoms. The molecule has 1 aliphatic rings. The van der Waals surface area contributed by atoms with Gasteiger partial charge in [0.15, 0.2) is 0 Å². The van der Waals surface area contributed by atoms with Crippen LogP contribution in [0.15, 0.2) is 121 Å². The standard InChI is InChI=1S/C20H16N.C14H12S2.Pt/c1-20(2)17-8-4-3-7-15(17)16-13-14(10-11-18(16)20)19-9-5-6-12-21-19;15-13(11-7-3-1-4-8-11)14(16)12-9-5-2-6-10-12;/h3-9,11-13H,1-2H3;1-10,15-16H;/q-1;;/p-2/b;14-13-;. The first-order valence-electron chi connectivity index (χ1n) is 12.2. The zero-order chi connectivity index (χ0) is 25.8. The minimum atomic E-state index is 0. The van der Waals surface area contributed by atoms with Crippen molar-refractivity contribution < 1.29 is 21.1 Å². The van der Waals surface area contributed by atoms with E-state index in [-0.39, 0.29) is 26.5 Å². The van der Waals surface area contributed by atoms with Crippen molar-refractivity contribution in [2.24, 2.45) is 0 Å². The summed E-state index contributed by atoms with van der Waals surface area (Å²) in [4.78, 5) is 5.91. The van der Waals surface area contributed by atoms with Crippen LogP contribution in [0, 0.1) is 6.07 Å². The fourth-order valence-electron chi connectivity index (χ4n) is 4.75. The molecule has 0 fully saturated rings. The molecule has 0 aliphatic heterocycles. The molecule has 5 aromatic rings. The van der Waals surface area contributed by atoms with E-state index < -0.39 is 0 Å². The van der Waals surface area contributed by atoms with Crippen LogP contribution in [-0.2, 0) is 51.7 Å². The van der Waals surface area contributed by atoms with E-state index in [1.54, 1.807) is 0 Å². The number of aromatic nitrogens is 1. The van der Waals surface area contributed by atoms with Crippen LogP contribution in [0.2, 0.25) is 0 Å². The second-order valence-electron chi connectivity index (χ2n) is 9.45. The Bertz CT molecular complexity index is 1500. The summed E-state index contributed by atoms with van der Waals surface area (Å²) in [5, 5.41) is 0. The third-order valence-electron chi connectivity index (χ3n) is 6.73. The Morgan fingerprint density at radius 2 is 1.21 bits per heavy atom. The number of nitrogens with zero attached hydrogens (tertiary/aromatic N) is 1. The normalized spacial score (nSPS) is 13.1. The van der Waals surface area contributed by atoms with Crippen molar-refractivity contribution in [2.75, 3.05) is 0 Å². The summed E-state index contributed by atoms with van der Waals surface area (Å²) in [5.74, 6) is 0. The van der Waals surface area contributed by atoms with Crippen molar-refractivity contribution in [1.82, 2.24) is 4.98 Å². The molecule has 0 radical (unpaired) electrons. The van der Waals surface area contributed by atoms with Gasteiger partial charge in [0.2, 0.25) is 0 Å². The predicted octanol–water partition coefficient (Wildman–Crippen LogP) is 8.46. The van der Waals surface area contributed by atoms with E-state index in [9.17, 15) is 0 Å². The molecule has 0 spiro atoms. The van der Waals surface area contributed by atoms with E-state index >= 15 is 0 Å². The molecule has 1 heterocycles. The molecule has 1 nitrogen and oxygen atoms in total. The number of pyridine rings is 1. The van der Waals surface area contributed by atoms with Gasteiger partial charge in [0.1, 0.15) is 0 Å². The minimum absolute atomic E-state index is 0. The van der Waals surface area contributed by atoms with Gasteiger partial charge in [-0.3, -0.25) is 0 Å². The Morgan fingerprint density at radius 3 is 1.79 bits per heavy atom. The number of benzene rings is 4. The molecule has 192 valence electrons. The summed E-state index contributed by atoms with van der Waals surface area (Å²) in [7, 11) is 0. The zero-order valence-corrected chi connectivity index (χ0v) is 25.0. The van der Waals surface area contributed by atoms with Gasteiger partial charge in [-0.15, -0.1) is 29.3 Å². The maximum Gasteiger partial charge on any atom is 0.0160 e. The summed E-state index contributed by atoms with van der Waals surface area (Å²) < 4.78 is 0. The second kappa shape index (κ2) is 12.2. The topological polar surface area (TPSA) is 12.9 Å². The Hall–Kier alpha value is -3.10. The summed E-state index contributed by atoms with van der Waals surface area (Å²) in [5.41, 5.74) is 9.49.